The minimum Gasteiger partial charge on any atom is -0.507 e. The fourth-order valence-electron chi connectivity index (χ4n) is 3.93. The van der Waals surface area contributed by atoms with Gasteiger partial charge in [0.25, 0.3) is 0 Å². The number of carbonyl (C=O) groups is 2. The molecule has 0 fully saturated rings. The Morgan fingerprint density at radius 2 is 0.943 bits per heavy atom. The first-order valence-corrected chi connectivity index (χ1v) is 10.9. The maximum absolute atomic E-state index is 12.8. The SMILES string of the molecule is COc1cccc2c(OC(=O)c3ccc(C(=O)Oc4cccc5c(O)cccc45)cc3)cccc12. The number of fused-ring (bicyclic) bond motifs is 2. The zero-order valence-electron chi connectivity index (χ0n) is 18.7. The number of aromatic hydroxyl groups is 1. The molecule has 0 aromatic heterocycles. The van der Waals surface area contributed by atoms with E-state index in [2.05, 4.69) is 0 Å². The Morgan fingerprint density at radius 3 is 1.46 bits per heavy atom. The quantitative estimate of drug-likeness (QED) is 0.248. The number of phenols is 1. The number of esters is 2. The smallest absolute Gasteiger partial charge is 0.343 e. The summed E-state index contributed by atoms with van der Waals surface area (Å²) in [6.07, 6.45) is 0. The molecule has 0 bridgehead atoms. The first-order chi connectivity index (χ1) is 17.0. The van der Waals surface area contributed by atoms with Gasteiger partial charge in [-0.05, 0) is 48.5 Å². The summed E-state index contributed by atoms with van der Waals surface area (Å²) in [7, 11) is 1.59. The summed E-state index contributed by atoms with van der Waals surface area (Å²) in [5, 5.41) is 12.8. The Balaban J connectivity index is 1.34. The molecule has 0 saturated carbocycles. The van der Waals surface area contributed by atoms with Gasteiger partial charge in [0.15, 0.2) is 0 Å². The molecule has 0 unspecified atom stereocenters. The van der Waals surface area contributed by atoms with Crippen molar-refractivity contribution in [3.63, 3.8) is 0 Å². The van der Waals surface area contributed by atoms with Crippen molar-refractivity contribution >= 4 is 33.5 Å². The van der Waals surface area contributed by atoms with Crippen molar-refractivity contribution in [2.75, 3.05) is 7.11 Å². The summed E-state index contributed by atoms with van der Waals surface area (Å²) >= 11 is 0. The van der Waals surface area contributed by atoms with Crippen molar-refractivity contribution in [2.45, 2.75) is 0 Å². The molecule has 0 amide bonds. The van der Waals surface area contributed by atoms with Gasteiger partial charge in [-0.1, -0.05) is 48.5 Å². The zero-order chi connectivity index (χ0) is 24.4. The Hall–Kier alpha value is -4.84. The predicted octanol–water partition coefficient (Wildman–Crippen LogP) is 6.15. The second-order valence-corrected chi connectivity index (χ2v) is 7.80. The molecule has 1 N–H and O–H groups in total. The van der Waals surface area contributed by atoms with E-state index < -0.39 is 11.9 Å². The van der Waals surface area contributed by atoms with Crippen LogP contribution in [0.15, 0.2) is 97.1 Å². The highest BCUT2D eigenvalue weighted by Gasteiger charge is 2.15. The van der Waals surface area contributed by atoms with Crippen LogP contribution in [-0.2, 0) is 0 Å². The van der Waals surface area contributed by atoms with Gasteiger partial charge >= 0.3 is 11.9 Å². The largest absolute Gasteiger partial charge is 0.507 e. The third kappa shape index (κ3) is 4.25. The van der Waals surface area contributed by atoms with Crippen LogP contribution in [0.5, 0.6) is 23.0 Å². The van der Waals surface area contributed by atoms with Gasteiger partial charge < -0.3 is 19.3 Å². The van der Waals surface area contributed by atoms with Crippen molar-refractivity contribution < 1.29 is 28.9 Å². The molecule has 172 valence electrons. The molecule has 0 spiro atoms. The lowest BCUT2D eigenvalue weighted by atomic mass is 10.1. The summed E-state index contributed by atoms with van der Waals surface area (Å²) in [4.78, 5) is 25.5. The second kappa shape index (κ2) is 9.19. The number of methoxy groups -OCH3 is 1. The number of benzene rings is 5. The third-order valence-corrected chi connectivity index (χ3v) is 5.68. The van der Waals surface area contributed by atoms with Gasteiger partial charge in [-0.3, -0.25) is 0 Å². The van der Waals surface area contributed by atoms with Gasteiger partial charge in [0.1, 0.15) is 23.0 Å². The van der Waals surface area contributed by atoms with Crippen LogP contribution in [-0.4, -0.2) is 24.2 Å². The highest BCUT2D eigenvalue weighted by molar-refractivity contribution is 6.00. The van der Waals surface area contributed by atoms with Crippen molar-refractivity contribution in [2.24, 2.45) is 0 Å². The van der Waals surface area contributed by atoms with Crippen LogP contribution in [0.4, 0.5) is 0 Å². The van der Waals surface area contributed by atoms with E-state index in [4.69, 9.17) is 14.2 Å². The van der Waals surface area contributed by atoms with E-state index in [-0.39, 0.29) is 16.9 Å². The molecule has 0 aliphatic heterocycles. The van der Waals surface area contributed by atoms with Crippen LogP contribution in [0.25, 0.3) is 21.5 Å². The molecule has 0 atom stereocenters. The van der Waals surface area contributed by atoms with Crippen LogP contribution in [0.3, 0.4) is 0 Å². The Bertz CT molecular complexity index is 1570. The highest BCUT2D eigenvalue weighted by atomic mass is 16.5. The first-order valence-electron chi connectivity index (χ1n) is 10.9. The van der Waals surface area contributed by atoms with Crippen molar-refractivity contribution in [3.05, 3.63) is 108 Å². The fourth-order valence-corrected chi connectivity index (χ4v) is 3.93. The van der Waals surface area contributed by atoms with Crippen molar-refractivity contribution in [1.29, 1.82) is 0 Å². The van der Waals surface area contributed by atoms with Gasteiger partial charge in [-0.25, -0.2) is 9.59 Å². The van der Waals surface area contributed by atoms with Crippen molar-refractivity contribution in [1.82, 2.24) is 0 Å². The lowest BCUT2D eigenvalue weighted by Crippen LogP contribution is -2.11. The van der Waals surface area contributed by atoms with Gasteiger partial charge in [0, 0.05) is 21.5 Å². The van der Waals surface area contributed by atoms with Gasteiger partial charge in [-0.15, -0.1) is 0 Å². The standard InChI is InChI=1S/C29H20O6/c1-33-25-11-4-9-23-22(25)8-5-13-27(23)35-29(32)19-16-14-18(15-17-19)28(31)34-26-12-3-6-20-21(26)7-2-10-24(20)30/h2-17,30H,1H3. The molecule has 0 heterocycles. The second-order valence-electron chi connectivity index (χ2n) is 7.80. The Morgan fingerprint density at radius 1 is 0.543 bits per heavy atom. The van der Waals surface area contributed by atoms with Gasteiger partial charge in [-0.2, -0.15) is 0 Å². The summed E-state index contributed by atoms with van der Waals surface area (Å²) < 4.78 is 16.6. The lowest BCUT2D eigenvalue weighted by Gasteiger charge is -2.11. The van der Waals surface area contributed by atoms with E-state index in [9.17, 15) is 14.7 Å². The summed E-state index contributed by atoms with van der Waals surface area (Å²) in [6.45, 7) is 0. The molecule has 5 rings (SSSR count). The Kier molecular flexibility index (Phi) is 5.77. The normalized spacial score (nSPS) is 10.8. The molecular weight excluding hydrogens is 444 g/mol. The molecule has 6 heteroatoms. The summed E-state index contributed by atoms with van der Waals surface area (Å²) in [6, 6.07) is 27.1. The number of carbonyl (C=O) groups excluding carboxylic acids is 2. The number of rotatable bonds is 5. The average molecular weight is 464 g/mol. The molecule has 0 radical (unpaired) electrons. The average Bonchev–Trinajstić information content (AvgIpc) is 2.89. The van der Waals surface area contributed by atoms with E-state index in [0.29, 0.717) is 28.0 Å². The molecule has 6 nitrogen and oxygen atoms in total. The van der Waals surface area contributed by atoms with Crippen molar-refractivity contribution in [3.8, 4) is 23.0 Å². The van der Waals surface area contributed by atoms with Gasteiger partial charge in [0.05, 0.1) is 18.2 Å². The molecule has 0 aliphatic rings. The van der Waals surface area contributed by atoms with E-state index in [1.165, 1.54) is 24.3 Å². The minimum absolute atomic E-state index is 0.105. The van der Waals surface area contributed by atoms with Crippen LogP contribution in [0.1, 0.15) is 20.7 Å². The number of phenolic OH excluding ortho intramolecular Hbond substituents is 1. The first kappa shape index (κ1) is 22.0. The van der Waals surface area contributed by atoms with E-state index in [1.54, 1.807) is 55.6 Å². The number of ether oxygens (including phenoxy) is 3. The fraction of sp³-hybridized carbons (Fsp3) is 0.0345. The molecule has 0 saturated heterocycles. The predicted molar refractivity (Wildman–Crippen MR) is 132 cm³/mol. The van der Waals surface area contributed by atoms with E-state index in [1.807, 2.05) is 24.3 Å². The van der Waals surface area contributed by atoms with Gasteiger partial charge in [0.2, 0.25) is 0 Å². The maximum atomic E-state index is 12.8. The van der Waals surface area contributed by atoms with Crippen LogP contribution in [0, 0.1) is 0 Å². The summed E-state index contributed by atoms with van der Waals surface area (Å²) in [5.74, 6) is 0.400. The molecule has 5 aromatic rings. The van der Waals surface area contributed by atoms with Crippen LogP contribution < -0.4 is 14.2 Å². The molecule has 0 aliphatic carbocycles. The lowest BCUT2D eigenvalue weighted by molar-refractivity contribution is 0.0723. The maximum Gasteiger partial charge on any atom is 0.343 e. The van der Waals surface area contributed by atoms with Crippen LogP contribution >= 0.6 is 0 Å². The topological polar surface area (TPSA) is 82.1 Å². The Labute approximate surface area is 200 Å². The number of hydrogen-bond acceptors (Lipinski definition) is 6. The highest BCUT2D eigenvalue weighted by Crippen LogP contribution is 2.33. The molecule has 35 heavy (non-hydrogen) atoms. The minimum atomic E-state index is -0.582. The van der Waals surface area contributed by atoms with E-state index in [0.717, 1.165) is 10.8 Å². The zero-order valence-corrected chi connectivity index (χ0v) is 18.7. The monoisotopic (exact) mass is 464 g/mol. The summed E-state index contributed by atoms with van der Waals surface area (Å²) in [5.41, 5.74) is 0.560. The third-order valence-electron chi connectivity index (χ3n) is 5.68. The van der Waals surface area contributed by atoms with Crippen LogP contribution in [0.2, 0.25) is 0 Å². The number of hydrogen-bond donors (Lipinski definition) is 1. The molecular formula is C29H20O6. The van der Waals surface area contributed by atoms with E-state index >= 15 is 0 Å². The molecule has 5 aromatic carbocycles.